The number of hydrogen-bond acceptors (Lipinski definition) is 4. The van der Waals surface area contributed by atoms with E-state index in [0.717, 1.165) is 0 Å². The van der Waals surface area contributed by atoms with Crippen LogP contribution in [0.5, 0.6) is 0 Å². The SMILES string of the molecule is O=C1CC(O)CC(CS)O1. The van der Waals surface area contributed by atoms with E-state index in [1.54, 1.807) is 0 Å². The number of aliphatic hydroxyl groups is 1. The number of aliphatic hydroxyl groups excluding tert-OH is 1. The third-order valence-electron chi connectivity index (χ3n) is 1.44. The Labute approximate surface area is 64.8 Å². The zero-order valence-corrected chi connectivity index (χ0v) is 6.38. The van der Waals surface area contributed by atoms with Crippen LogP contribution in [-0.2, 0) is 9.53 Å². The van der Waals surface area contributed by atoms with Crippen LogP contribution in [0.1, 0.15) is 12.8 Å². The van der Waals surface area contributed by atoms with Crippen molar-refractivity contribution in [3.8, 4) is 0 Å². The molecule has 0 aromatic rings. The molecule has 1 aliphatic rings. The van der Waals surface area contributed by atoms with Gasteiger partial charge in [-0.3, -0.25) is 4.79 Å². The number of ether oxygens (including phenoxy) is 1. The van der Waals surface area contributed by atoms with Crippen LogP contribution in [0.25, 0.3) is 0 Å². The van der Waals surface area contributed by atoms with Crippen molar-refractivity contribution in [2.45, 2.75) is 25.0 Å². The monoisotopic (exact) mass is 162 g/mol. The van der Waals surface area contributed by atoms with Crippen LogP contribution in [-0.4, -0.2) is 29.0 Å². The van der Waals surface area contributed by atoms with E-state index in [4.69, 9.17) is 9.84 Å². The molecule has 1 heterocycles. The second-order valence-electron chi connectivity index (χ2n) is 2.39. The molecular weight excluding hydrogens is 152 g/mol. The molecule has 2 atom stereocenters. The first-order valence-electron chi connectivity index (χ1n) is 3.20. The maximum absolute atomic E-state index is 10.6. The molecule has 1 fully saturated rings. The minimum absolute atomic E-state index is 0.129. The van der Waals surface area contributed by atoms with E-state index in [0.29, 0.717) is 12.2 Å². The molecule has 1 rings (SSSR count). The van der Waals surface area contributed by atoms with Crippen LogP contribution in [0.4, 0.5) is 0 Å². The molecule has 10 heavy (non-hydrogen) atoms. The Kier molecular flexibility index (Phi) is 2.56. The van der Waals surface area contributed by atoms with Crippen molar-refractivity contribution in [2.75, 3.05) is 5.75 Å². The second kappa shape index (κ2) is 3.25. The summed E-state index contributed by atoms with van der Waals surface area (Å²) in [6.07, 6.45) is -0.0718. The highest BCUT2D eigenvalue weighted by Gasteiger charge is 2.25. The van der Waals surface area contributed by atoms with Crippen LogP contribution in [0.2, 0.25) is 0 Å². The Morgan fingerprint density at radius 1 is 1.80 bits per heavy atom. The lowest BCUT2D eigenvalue weighted by Crippen LogP contribution is -2.33. The van der Waals surface area contributed by atoms with E-state index in [2.05, 4.69) is 12.6 Å². The summed E-state index contributed by atoms with van der Waals surface area (Å²) in [5.41, 5.74) is 0. The first-order chi connectivity index (χ1) is 4.72. The lowest BCUT2D eigenvalue weighted by Gasteiger charge is -2.24. The van der Waals surface area contributed by atoms with Crippen LogP contribution in [0, 0.1) is 0 Å². The molecule has 1 saturated heterocycles. The van der Waals surface area contributed by atoms with Crippen molar-refractivity contribution >= 4 is 18.6 Å². The molecule has 0 radical (unpaired) electrons. The molecule has 0 aliphatic carbocycles. The van der Waals surface area contributed by atoms with Crippen molar-refractivity contribution in [1.29, 1.82) is 0 Å². The van der Waals surface area contributed by atoms with Gasteiger partial charge in [0.25, 0.3) is 0 Å². The Hall–Kier alpha value is -0.220. The summed E-state index contributed by atoms with van der Waals surface area (Å²) in [5.74, 6) is 0.167. The van der Waals surface area contributed by atoms with Crippen molar-refractivity contribution in [2.24, 2.45) is 0 Å². The first kappa shape index (κ1) is 7.88. The third kappa shape index (κ3) is 1.88. The molecule has 0 saturated carbocycles. The highest BCUT2D eigenvalue weighted by molar-refractivity contribution is 7.80. The molecule has 3 nitrogen and oxygen atoms in total. The maximum Gasteiger partial charge on any atom is 0.308 e. The molecule has 58 valence electrons. The third-order valence-corrected chi connectivity index (χ3v) is 1.85. The molecule has 2 unspecified atom stereocenters. The number of cyclic esters (lactones) is 1. The summed E-state index contributed by atoms with van der Waals surface area (Å²) < 4.78 is 4.83. The molecule has 0 aromatic carbocycles. The van der Waals surface area contributed by atoms with Gasteiger partial charge in [0.15, 0.2) is 0 Å². The van der Waals surface area contributed by atoms with Crippen LogP contribution >= 0.6 is 12.6 Å². The summed E-state index contributed by atoms with van der Waals surface area (Å²) in [6, 6.07) is 0. The highest BCUT2D eigenvalue weighted by Crippen LogP contribution is 2.15. The summed E-state index contributed by atoms with van der Waals surface area (Å²) in [4.78, 5) is 10.6. The molecule has 0 aromatic heterocycles. The fraction of sp³-hybridized carbons (Fsp3) is 0.833. The number of thiol groups is 1. The zero-order chi connectivity index (χ0) is 7.56. The molecule has 1 aliphatic heterocycles. The van der Waals surface area contributed by atoms with Gasteiger partial charge >= 0.3 is 5.97 Å². The quantitative estimate of drug-likeness (QED) is 0.421. The maximum atomic E-state index is 10.6. The van der Waals surface area contributed by atoms with Gasteiger partial charge < -0.3 is 9.84 Å². The number of carbonyl (C=O) groups is 1. The van der Waals surface area contributed by atoms with E-state index in [1.165, 1.54) is 0 Å². The Bertz CT molecular complexity index is 137. The number of rotatable bonds is 1. The molecule has 0 amide bonds. The largest absolute Gasteiger partial charge is 0.461 e. The van der Waals surface area contributed by atoms with Crippen molar-refractivity contribution < 1.29 is 14.6 Å². The van der Waals surface area contributed by atoms with Gasteiger partial charge in [-0.2, -0.15) is 12.6 Å². The van der Waals surface area contributed by atoms with E-state index in [-0.39, 0.29) is 18.5 Å². The average molecular weight is 162 g/mol. The van der Waals surface area contributed by atoms with Crippen LogP contribution in [0.3, 0.4) is 0 Å². The Morgan fingerprint density at radius 3 is 3.00 bits per heavy atom. The van der Waals surface area contributed by atoms with Gasteiger partial charge in [-0.05, 0) is 0 Å². The van der Waals surface area contributed by atoms with Crippen LogP contribution < -0.4 is 0 Å². The second-order valence-corrected chi connectivity index (χ2v) is 2.75. The standard InChI is InChI=1S/C6H10O3S/c7-4-1-5(3-10)9-6(8)2-4/h4-5,7,10H,1-3H2. The predicted octanol–water partition coefficient (Wildman–Crippen LogP) is -0.0173. The van der Waals surface area contributed by atoms with Crippen molar-refractivity contribution in [3.63, 3.8) is 0 Å². The minimum Gasteiger partial charge on any atom is -0.461 e. The molecular formula is C6H10O3S. The minimum atomic E-state index is -0.529. The van der Waals surface area contributed by atoms with Crippen LogP contribution in [0.15, 0.2) is 0 Å². The molecule has 0 spiro atoms. The number of esters is 1. The highest BCUT2D eigenvalue weighted by atomic mass is 32.1. The molecule has 0 bridgehead atoms. The van der Waals surface area contributed by atoms with Gasteiger partial charge in [0, 0.05) is 12.2 Å². The van der Waals surface area contributed by atoms with Gasteiger partial charge in [0.05, 0.1) is 12.5 Å². The first-order valence-corrected chi connectivity index (χ1v) is 3.84. The van der Waals surface area contributed by atoms with Gasteiger partial charge in [-0.25, -0.2) is 0 Å². The Morgan fingerprint density at radius 2 is 2.50 bits per heavy atom. The Balaban J connectivity index is 2.42. The number of carbonyl (C=O) groups excluding carboxylic acids is 1. The van der Waals surface area contributed by atoms with E-state index in [1.807, 2.05) is 0 Å². The summed E-state index contributed by atoms with van der Waals surface area (Å²) in [6.45, 7) is 0. The summed E-state index contributed by atoms with van der Waals surface area (Å²) >= 11 is 3.96. The summed E-state index contributed by atoms with van der Waals surface area (Å²) in [5, 5.41) is 9.05. The fourth-order valence-electron chi connectivity index (χ4n) is 0.973. The lowest BCUT2D eigenvalue weighted by molar-refractivity contribution is -0.158. The van der Waals surface area contributed by atoms with E-state index < -0.39 is 6.10 Å². The lowest BCUT2D eigenvalue weighted by atomic mass is 10.1. The van der Waals surface area contributed by atoms with E-state index in [9.17, 15) is 4.79 Å². The van der Waals surface area contributed by atoms with Crippen molar-refractivity contribution in [3.05, 3.63) is 0 Å². The zero-order valence-electron chi connectivity index (χ0n) is 5.49. The summed E-state index contributed by atoms with van der Waals surface area (Å²) in [7, 11) is 0. The van der Waals surface area contributed by atoms with Gasteiger partial charge in [0.2, 0.25) is 0 Å². The predicted molar refractivity (Wildman–Crippen MR) is 39.0 cm³/mol. The van der Waals surface area contributed by atoms with Gasteiger partial charge in [-0.1, -0.05) is 0 Å². The van der Waals surface area contributed by atoms with Crippen molar-refractivity contribution in [1.82, 2.24) is 0 Å². The topological polar surface area (TPSA) is 46.5 Å². The van der Waals surface area contributed by atoms with Gasteiger partial charge in [0.1, 0.15) is 6.10 Å². The average Bonchev–Trinajstić information content (AvgIpc) is 1.85. The number of hydrogen-bond donors (Lipinski definition) is 2. The van der Waals surface area contributed by atoms with E-state index >= 15 is 0 Å². The van der Waals surface area contributed by atoms with Gasteiger partial charge in [-0.15, -0.1) is 0 Å². The fourth-order valence-corrected chi connectivity index (χ4v) is 1.20. The smallest absolute Gasteiger partial charge is 0.308 e. The molecule has 1 N–H and O–H groups in total. The normalized spacial score (nSPS) is 33.6. The molecule has 4 heteroatoms.